The molecule has 1 heterocycles. The Bertz CT molecular complexity index is 544. The Labute approximate surface area is 123 Å². The third-order valence-electron chi connectivity index (χ3n) is 4.07. The molecule has 1 aromatic rings. The number of nitrogens with zero attached hydrogens (tertiary/aromatic N) is 1. The van der Waals surface area contributed by atoms with Gasteiger partial charge in [-0.25, -0.2) is 4.39 Å². The first-order chi connectivity index (χ1) is 9.99. The lowest BCUT2D eigenvalue weighted by atomic mass is 9.92. The van der Waals surface area contributed by atoms with Crippen molar-refractivity contribution in [3.63, 3.8) is 0 Å². The minimum Gasteiger partial charge on any atom is -0.481 e. The molecule has 1 aliphatic heterocycles. The van der Waals surface area contributed by atoms with Crippen LogP contribution in [0.4, 0.5) is 4.39 Å². The summed E-state index contributed by atoms with van der Waals surface area (Å²) in [6.07, 6.45) is 2.52. The molecule has 0 radical (unpaired) electrons. The summed E-state index contributed by atoms with van der Waals surface area (Å²) < 4.78 is 13.6. The number of aliphatic carboxylic acids is 1. The third-order valence-corrected chi connectivity index (χ3v) is 4.07. The summed E-state index contributed by atoms with van der Waals surface area (Å²) in [7, 11) is 0. The highest BCUT2D eigenvalue weighted by atomic mass is 19.1. The van der Waals surface area contributed by atoms with Gasteiger partial charge in [0.2, 0.25) is 0 Å². The Morgan fingerprint density at radius 2 is 2.19 bits per heavy atom. The summed E-state index contributed by atoms with van der Waals surface area (Å²) in [4.78, 5) is 24.9. The molecule has 0 spiro atoms. The van der Waals surface area contributed by atoms with Crippen molar-refractivity contribution >= 4 is 11.9 Å². The molecular formula is C16H20FNO3. The van der Waals surface area contributed by atoms with E-state index in [9.17, 15) is 14.0 Å². The van der Waals surface area contributed by atoms with Crippen LogP contribution >= 0.6 is 0 Å². The monoisotopic (exact) mass is 293 g/mol. The molecule has 1 amide bonds. The Morgan fingerprint density at radius 1 is 1.43 bits per heavy atom. The van der Waals surface area contributed by atoms with Crippen molar-refractivity contribution in [1.82, 2.24) is 4.90 Å². The summed E-state index contributed by atoms with van der Waals surface area (Å²) in [6, 6.07) is 4.53. The van der Waals surface area contributed by atoms with E-state index in [2.05, 4.69) is 0 Å². The zero-order valence-corrected chi connectivity index (χ0v) is 12.1. The molecule has 1 atom stereocenters. The van der Waals surface area contributed by atoms with Crippen LogP contribution in [0, 0.1) is 18.7 Å². The second-order valence-corrected chi connectivity index (χ2v) is 5.60. The molecule has 1 fully saturated rings. The first kappa shape index (κ1) is 15.5. The molecule has 114 valence electrons. The molecule has 1 saturated heterocycles. The predicted octanol–water partition coefficient (Wildman–Crippen LogP) is 2.85. The lowest BCUT2D eigenvalue weighted by Gasteiger charge is -2.33. The maximum atomic E-state index is 13.6. The van der Waals surface area contributed by atoms with Crippen LogP contribution in [0.15, 0.2) is 18.2 Å². The Kier molecular flexibility index (Phi) is 4.94. The molecule has 0 aliphatic carbocycles. The van der Waals surface area contributed by atoms with Gasteiger partial charge in [-0.1, -0.05) is 6.07 Å². The first-order valence-corrected chi connectivity index (χ1v) is 7.25. The zero-order valence-electron chi connectivity index (χ0n) is 12.1. The average molecular weight is 293 g/mol. The molecule has 0 saturated carbocycles. The van der Waals surface area contributed by atoms with Gasteiger partial charge in [-0.2, -0.15) is 0 Å². The van der Waals surface area contributed by atoms with Gasteiger partial charge >= 0.3 is 5.97 Å². The minimum atomic E-state index is -0.806. The van der Waals surface area contributed by atoms with Gasteiger partial charge in [0.15, 0.2) is 0 Å². The molecule has 1 unspecified atom stereocenters. The number of piperidine rings is 1. The Balaban J connectivity index is 2.05. The van der Waals surface area contributed by atoms with Crippen molar-refractivity contribution in [2.75, 3.05) is 13.1 Å². The number of carboxylic acid groups (broad SMARTS) is 1. The van der Waals surface area contributed by atoms with Gasteiger partial charge in [-0.05, 0) is 49.8 Å². The summed E-state index contributed by atoms with van der Waals surface area (Å²) in [5.74, 6) is -1.13. The quantitative estimate of drug-likeness (QED) is 0.928. The van der Waals surface area contributed by atoms with E-state index in [-0.39, 0.29) is 24.1 Å². The van der Waals surface area contributed by atoms with Crippen LogP contribution < -0.4 is 0 Å². The van der Waals surface area contributed by atoms with Gasteiger partial charge in [0, 0.05) is 25.1 Å². The summed E-state index contributed by atoms with van der Waals surface area (Å²) in [5, 5.41) is 8.74. The van der Waals surface area contributed by atoms with E-state index in [0.29, 0.717) is 30.6 Å². The van der Waals surface area contributed by atoms with E-state index in [4.69, 9.17) is 5.11 Å². The lowest BCUT2D eigenvalue weighted by molar-refractivity contribution is -0.137. The molecular weight excluding hydrogens is 273 g/mol. The second kappa shape index (κ2) is 6.70. The van der Waals surface area contributed by atoms with Gasteiger partial charge in [0.25, 0.3) is 5.91 Å². The normalized spacial score (nSPS) is 18.6. The fourth-order valence-corrected chi connectivity index (χ4v) is 2.82. The summed E-state index contributed by atoms with van der Waals surface area (Å²) >= 11 is 0. The number of carbonyl (C=O) groups is 2. The number of rotatable bonds is 4. The van der Waals surface area contributed by atoms with Gasteiger partial charge in [-0.15, -0.1) is 0 Å². The molecule has 21 heavy (non-hydrogen) atoms. The highest BCUT2D eigenvalue weighted by molar-refractivity contribution is 5.95. The zero-order chi connectivity index (χ0) is 15.4. The molecule has 5 heteroatoms. The molecule has 1 aliphatic rings. The maximum absolute atomic E-state index is 13.6. The van der Waals surface area contributed by atoms with Crippen molar-refractivity contribution in [2.24, 2.45) is 5.92 Å². The first-order valence-electron chi connectivity index (χ1n) is 7.25. The van der Waals surface area contributed by atoms with E-state index in [1.54, 1.807) is 24.0 Å². The number of amides is 1. The SMILES string of the molecule is Cc1c(F)cccc1C(=O)N1CCCC(CCC(=O)O)C1. The largest absolute Gasteiger partial charge is 0.481 e. The number of likely N-dealkylation sites (tertiary alicyclic amines) is 1. The Morgan fingerprint density at radius 3 is 2.90 bits per heavy atom. The lowest BCUT2D eigenvalue weighted by Crippen LogP contribution is -2.40. The maximum Gasteiger partial charge on any atom is 0.303 e. The van der Waals surface area contributed by atoms with Crippen molar-refractivity contribution < 1.29 is 19.1 Å². The topological polar surface area (TPSA) is 57.6 Å². The molecule has 0 aromatic heterocycles. The second-order valence-electron chi connectivity index (χ2n) is 5.60. The fourth-order valence-electron chi connectivity index (χ4n) is 2.82. The van der Waals surface area contributed by atoms with E-state index < -0.39 is 5.97 Å². The van der Waals surface area contributed by atoms with E-state index in [1.807, 2.05) is 0 Å². The number of carboxylic acids is 1. The molecule has 1 N–H and O–H groups in total. The smallest absolute Gasteiger partial charge is 0.303 e. The van der Waals surface area contributed by atoms with Crippen molar-refractivity contribution in [3.8, 4) is 0 Å². The van der Waals surface area contributed by atoms with Gasteiger partial charge in [0.05, 0.1) is 0 Å². The number of halogens is 1. The standard InChI is InChI=1S/C16H20FNO3/c1-11-13(5-2-6-14(11)17)16(21)18-9-3-4-12(10-18)7-8-15(19)20/h2,5-6,12H,3-4,7-10H2,1H3,(H,19,20). The van der Waals surface area contributed by atoms with Crippen LogP contribution in [0.1, 0.15) is 41.6 Å². The van der Waals surface area contributed by atoms with Gasteiger partial charge in [0.1, 0.15) is 5.82 Å². The van der Waals surface area contributed by atoms with Crippen molar-refractivity contribution in [1.29, 1.82) is 0 Å². The fraction of sp³-hybridized carbons (Fsp3) is 0.500. The van der Waals surface area contributed by atoms with Gasteiger partial charge < -0.3 is 10.0 Å². The van der Waals surface area contributed by atoms with Crippen molar-refractivity contribution in [3.05, 3.63) is 35.1 Å². The van der Waals surface area contributed by atoms with Crippen LogP contribution in [0.25, 0.3) is 0 Å². The summed E-state index contributed by atoms with van der Waals surface area (Å²) in [5.41, 5.74) is 0.768. The number of hydrogen-bond donors (Lipinski definition) is 1. The molecule has 0 bridgehead atoms. The molecule has 1 aromatic carbocycles. The average Bonchev–Trinajstić information content (AvgIpc) is 2.47. The van der Waals surface area contributed by atoms with E-state index >= 15 is 0 Å². The number of benzene rings is 1. The van der Waals surface area contributed by atoms with Gasteiger partial charge in [-0.3, -0.25) is 9.59 Å². The van der Waals surface area contributed by atoms with Crippen LogP contribution in [0.3, 0.4) is 0 Å². The number of carbonyl (C=O) groups excluding carboxylic acids is 1. The van der Waals surface area contributed by atoms with Crippen LogP contribution in [-0.4, -0.2) is 35.0 Å². The summed E-state index contributed by atoms with van der Waals surface area (Å²) in [6.45, 7) is 2.81. The van der Waals surface area contributed by atoms with E-state index in [0.717, 1.165) is 12.8 Å². The van der Waals surface area contributed by atoms with Crippen LogP contribution in [-0.2, 0) is 4.79 Å². The van der Waals surface area contributed by atoms with Crippen LogP contribution in [0.2, 0.25) is 0 Å². The van der Waals surface area contributed by atoms with E-state index in [1.165, 1.54) is 6.07 Å². The highest BCUT2D eigenvalue weighted by Gasteiger charge is 2.26. The predicted molar refractivity (Wildman–Crippen MR) is 76.6 cm³/mol. The van der Waals surface area contributed by atoms with Crippen molar-refractivity contribution in [2.45, 2.75) is 32.6 Å². The Hall–Kier alpha value is -1.91. The molecule has 2 rings (SSSR count). The third kappa shape index (κ3) is 3.80. The number of hydrogen-bond acceptors (Lipinski definition) is 2. The molecule has 4 nitrogen and oxygen atoms in total. The van der Waals surface area contributed by atoms with Crippen LogP contribution in [0.5, 0.6) is 0 Å². The highest BCUT2D eigenvalue weighted by Crippen LogP contribution is 2.23. The minimum absolute atomic E-state index is 0.131.